The first-order chi connectivity index (χ1) is 10.4. The molecule has 1 aliphatic rings. The van der Waals surface area contributed by atoms with Crippen LogP contribution in [0.3, 0.4) is 0 Å². The molecule has 0 fully saturated rings. The van der Waals surface area contributed by atoms with Crippen molar-refractivity contribution in [2.45, 2.75) is 13.0 Å². The lowest BCUT2D eigenvalue weighted by atomic mass is 9.99. The van der Waals surface area contributed by atoms with Crippen molar-refractivity contribution in [3.05, 3.63) is 66.2 Å². The number of ether oxygens (including phenoxy) is 1. The molecule has 2 aromatic carbocycles. The Morgan fingerprint density at radius 3 is 2.67 bits per heavy atom. The predicted octanol–water partition coefficient (Wildman–Crippen LogP) is 4.39. The summed E-state index contributed by atoms with van der Waals surface area (Å²) in [5.41, 5.74) is 6.59. The van der Waals surface area contributed by atoms with Gasteiger partial charge in [-0.25, -0.2) is 0 Å². The Bertz CT molecular complexity index is 801. The minimum absolute atomic E-state index is 0.902. The van der Waals surface area contributed by atoms with Crippen molar-refractivity contribution in [1.82, 2.24) is 4.57 Å². The molecule has 0 radical (unpaired) electrons. The van der Waals surface area contributed by atoms with Crippen molar-refractivity contribution in [3.8, 4) is 28.3 Å². The zero-order valence-corrected chi connectivity index (χ0v) is 12.0. The molecule has 21 heavy (non-hydrogen) atoms. The molecule has 2 nitrogen and oxygen atoms in total. The summed E-state index contributed by atoms with van der Waals surface area (Å²) in [7, 11) is 1.71. The van der Waals surface area contributed by atoms with Crippen molar-refractivity contribution in [2.24, 2.45) is 0 Å². The fraction of sp³-hybridized carbons (Fsp3) is 0.158. The van der Waals surface area contributed by atoms with E-state index in [1.165, 1.54) is 28.1 Å². The van der Waals surface area contributed by atoms with Gasteiger partial charge in [0.2, 0.25) is 0 Å². The van der Waals surface area contributed by atoms with E-state index in [0.717, 1.165) is 18.7 Å². The lowest BCUT2D eigenvalue weighted by Gasteiger charge is -2.21. The summed E-state index contributed by atoms with van der Waals surface area (Å²) in [6.07, 6.45) is 1.09. The molecule has 104 valence electrons. The molecule has 0 amide bonds. The minimum atomic E-state index is 0.902. The van der Waals surface area contributed by atoms with Crippen LogP contribution in [0.1, 0.15) is 5.56 Å². The molecule has 0 N–H and O–H groups in total. The topological polar surface area (TPSA) is 14.2 Å². The molecule has 0 bridgehead atoms. The molecule has 2 heterocycles. The molecule has 0 saturated heterocycles. The Balaban J connectivity index is 1.86. The highest BCUT2D eigenvalue weighted by Crippen LogP contribution is 2.35. The number of aryl methyl sites for hydroxylation is 1. The van der Waals surface area contributed by atoms with E-state index in [0.29, 0.717) is 0 Å². The van der Waals surface area contributed by atoms with Gasteiger partial charge in [0.1, 0.15) is 5.75 Å². The van der Waals surface area contributed by atoms with E-state index >= 15 is 0 Å². The van der Waals surface area contributed by atoms with Crippen LogP contribution in [0.15, 0.2) is 60.7 Å². The number of hydrogen-bond donors (Lipinski definition) is 0. The molecule has 0 atom stereocenters. The number of aromatic nitrogens is 1. The Morgan fingerprint density at radius 2 is 1.76 bits per heavy atom. The van der Waals surface area contributed by atoms with Crippen LogP contribution in [0.5, 0.6) is 5.75 Å². The van der Waals surface area contributed by atoms with Gasteiger partial charge in [0, 0.05) is 29.1 Å². The number of benzene rings is 2. The average molecular weight is 275 g/mol. The number of nitrogens with zero attached hydrogens (tertiary/aromatic N) is 1. The number of methoxy groups -OCH3 is 1. The Labute approximate surface area is 124 Å². The average Bonchev–Trinajstić information content (AvgIpc) is 2.99. The fourth-order valence-corrected chi connectivity index (χ4v) is 3.20. The van der Waals surface area contributed by atoms with E-state index in [2.05, 4.69) is 53.1 Å². The van der Waals surface area contributed by atoms with Gasteiger partial charge in [0.25, 0.3) is 0 Å². The second-order valence-corrected chi connectivity index (χ2v) is 5.39. The highest BCUT2D eigenvalue weighted by molar-refractivity contribution is 5.73. The van der Waals surface area contributed by atoms with Gasteiger partial charge in [-0.05, 0) is 36.2 Å². The predicted molar refractivity (Wildman–Crippen MR) is 85.6 cm³/mol. The standard InChI is InChI=1S/C19H17NO/c1-21-16-7-4-6-15(13-16)18-9-10-19-17-8-3-2-5-14(17)11-12-20(18)19/h2-10,13H,11-12H2,1H3. The molecule has 4 rings (SSSR count). The second kappa shape index (κ2) is 4.81. The Hall–Kier alpha value is -2.48. The first-order valence-electron chi connectivity index (χ1n) is 7.29. The molecular weight excluding hydrogens is 258 g/mol. The fourth-order valence-electron chi connectivity index (χ4n) is 3.20. The summed E-state index contributed by atoms with van der Waals surface area (Å²) in [6.45, 7) is 1.03. The number of rotatable bonds is 2. The van der Waals surface area contributed by atoms with Gasteiger partial charge in [-0.2, -0.15) is 0 Å². The molecule has 3 aromatic rings. The first-order valence-corrected chi connectivity index (χ1v) is 7.29. The van der Waals surface area contributed by atoms with Crippen LogP contribution in [-0.4, -0.2) is 11.7 Å². The Kier molecular flexibility index (Phi) is 2.81. The summed E-state index contributed by atoms with van der Waals surface area (Å²) in [5.74, 6) is 0.902. The molecule has 1 aromatic heterocycles. The van der Waals surface area contributed by atoms with Crippen LogP contribution in [0, 0.1) is 0 Å². The van der Waals surface area contributed by atoms with Crippen molar-refractivity contribution >= 4 is 0 Å². The largest absolute Gasteiger partial charge is 0.497 e. The van der Waals surface area contributed by atoms with Crippen molar-refractivity contribution in [1.29, 1.82) is 0 Å². The van der Waals surface area contributed by atoms with Gasteiger partial charge >= 0.3 is 0 Å². The van der Waals surface area contributed by atoms with Crippen LogP contribution < -0.4 is 4.74 Å². The van der Waals surface area contributed by atoms with Crippen LogP contribution >= 0.6 is 0 Å². The van der Waals surface area contributed by atoms with Crippen LogP contribution in [0.2, 0.25) is 0 Å². The van der Waals surface area contributed by atoms with E-state index < -0.39 is 0 Å². The van der Waals surface area contributed by atoms with E-state index in [-0.39, 0.29) is 0 Å². The smallest absolute Gasteiger partial charge is 0.119 e. The van der Waals surface area contributed by atoms with Gasteiger partial charge in [0.15, 0.2) is 0 Å². The third-order valence-corrected chi connectivity index (χ3v) is 4.24. The lowest BCUT2D eigenvalue weighted by molar-refractivity contribution is 0.415. The normalized spacial score (nSPS) is 12.6. The van der Waals surface area contributed by atoms with Crippen molar-refractivity contribution in [2.75, 3.05) is 7.11 Å². The summed E-state index contributed by atoms with van der Waals surface area (Å²) in [6, 6.07) is 21.4. The maximum Gasteiger partial charge on any atom is 0.119 e. The molecule has 2 heteroatoms. The molecule has 0 aliphatic carbocycles. The second-order valence-electron chi connectivity index (χ2n) is 5.39. The van der Waals surface area contributed by atoms with Crippen LogP contribution in [-0.2, 0) is 13.0 Å². The molecular formula is C19H17NO. The summed E-state index contributed by atoms with van der Waals surface area (Å²) in [5, 5.41) is 0. The summed E-state index contributed by atoms with van der Waals surface area (Å²) < 4.78 is 7.76. The zero-order chi connectivity index (χ0) is 14.2. The lowest BCUT2D eigenvalue weighted by Crippen LogP contribution is -2.11. The highest BCUT2D eigenvalue weighted by Gasteiger charge is 2.18. The highest BCUT2D eigenvalue weighted by atomic mass is 16.5. The SMILES string of the molecule is COc1cccc(-c2ccc3n2CCc2ccccc2-3)c1. The molecule has 0 unspecified atom stereocenters. The van der Waals surface area contributed by atoms with E-state index in [9.17, 15) is 0 Å². The van der Waals surface area contributed by atoms with E-state index in [1.807, 2.05) is 12.1 Å². The van der Waals surface area contributed by atoms with Crippen molar-refractivity contribution < 1.29 is 4.74 Å². The van der Waals surface area contributed by atoms with Gasteiger partial charge in [0.05, 0.1) is 7.11 Å². The maximum absolute atomic E-state index is 5.34. The molecule has 1 aliphatic heterocycles. The number of hydrogen-bond acceptors (Lipinski definition) is 1. The third-order valence-electron chi connectivity index (χ3n) is 4.24. The van der Waals surface area contributed by atoms with Gasteiger partial charge in [-0.1, -0.05) is 36.4 Å². The number of fused-ring (bicyclic) bond motifs is 3. The van der Waals surface area contributed by atoms with Gasteiger partial charge in [-0.15, -0.1) is 0 Å². The Morgan fingerprint density at radius 1 is 0.905 bits per heavy atom. The molecule has 0 spiro atoms. The summed E-state index contributed by atoms with van der Waals surface area (Å²) >= 11 is 0. The van der Waals surface area contributed by atoms with Gasteiger partial charge in [-0.3, -0.25) is 0 Å². The molecule has 0 saturated carbocycles. The third kappa shape index (κ3) is 1.95. The van der Waals surface area contributed by atoms with E-state index in [1.54, 1.807) is 7.11 Å². The monoisotopic (exact) mass is 275 g/mol. The van der Waals surface area contributed by atoms with Crippen LogP contribution in [0.25, 0.3) is 22.5 Å². The minimum Gasteiger partial charge on any atom is -0.497 e. The maximum atomic E-state index is 5.34. The van der Waals surface area contributed by atoms with Gasteiger partial charge < -0.3 is 9.30 Å². The summed E-state index contributed by atoms with van der Waals surface area (Å²) in [4.78, 5) is 0. The van der Waals surface area contributed by atoms with Crippen LogP contribution in [0.4, 0.5) is 0 Å². The quantitative estimate of drug-likeness (QED) is 0.676. The zero-order valence-electron chi connectivity index (χ0n) is 12.0. The van der Waals surface area contributed by atoms with Crippen molar-refractivity contribution in [3.63, 3.8) is 0 Å². The van der Waals surface area contributed by atoms with E-state index in [4.69, 9.17) is 4.74 Å². The first kappa shape index (κ1) is 12.3.